The summed E-state index contributed by atoms with van der Waals surface area (Å²) >= 11 is 0. The minimum Gasteiger partial charge on any atom is -0.454 e. The quantitative estimate of drug-likeness (QED) is 0.739. The summed E-state index contributed by atoms with van der Waals surface area (Å²) < 4.78 is 10.5. The molecule has 0 bridgehead atoms. The van der Waals surface area contributed by atoms with Crippen molar-refractivity contribution in [2.45, 2.75) is 6.54 Å². The fourth-order valence-corrected chi connectivity index (χ4v) is 2.00. The number of carbonyl (C=O) groups excluding carboxylic acids is 2. The van der Waals surface area contributed by atoms with E-state index in [0.29, 0.717) is 11.5 Å². The molecule has 6 heteroatoms. The van der Waals surface area contributed by atoms with Gasteiger partial charge in [-0.3, -0.25) is 19.8 Å². The minimum atomic E-state index is -0.205. The van der Waals surface area contributed by atoms with Crippen molar-refractivity contribution < 1.29 is 19.1 Å². The molecule has 1 saturated heterocycles. The maximum absolute atomic E-state index is 11.6. The van der Waals surface area contributed by atoms with Crippen molar-refractivity contribution in [3.8, 4) is 11.5 Å². The van der Waals surface area contributed by atoms with Gasteiger partial charge in [-0.2, -0.15) is 0 Å². The Morgan fingerprint density at radius 2 is 1.83 bits per heavy atom. The summed E-state index contributed by atoms with van der Waals surface area (Å²) in [5, 5.41) is 2.76. The fraction of sp³-hybridized carbons (Fsp3) is 0.333. The molecule has 1 aromatic carbocycles. The molecule has 0 aromatic heterocycles. The molecule has 1 aromatic rings. The Labute approximate surface area is 103 Å². The van der Waals surface area contributed by atoms with Gasteiger partial charge in [-0.15, -0.1) is 0 Å². The molecular weight excluding hydrogens is 236 g/mol. The number of nitrogens with zero attached hydrogens (tertiary/aromatic N) is 1. The molecular formula is C12H12N2O4. The number of fused-ring (bicyclic) bond motifs is 1. The van der Waals surface area contributed by atoms with E-state index in [4.69, 9.17) is 9.47 Å². The Bertz CT molecular complexity index is 499. The van der Waals surface area contributed by atoms with E-state index in [9.17, 15) is 9.59 Å². The van der Waals surface area contributed by atoms with E-state index >= 15 is 0 Å². The van der Waals surface area contributed by atoms with Crippen LogP contribution in [0.1, 0.15) is 5.56 Å². The number of rotatable bonds is 2. The number of nitrogens with one attached hydrogen (secondary N) is 1. The third kappa shape index (κ3) is 1.91. The van der Waals surface area contributed by atoms with Crippen molar-refractivity contribution in [2.75, 3.05) is 19.9 Å². The van der Waals surface area contributed by atoms with Crippen LogP contribution in [0, 0.1) is 0 Å². The van der Waals surface area contributed by atoms with Gasteiger partial charge in [0.2, 0.25) is 18.6 Å². The summed E-state index contributed by atoms with van der Waals surface area (Å²) in [6.07, 6.45) is 0. The van der Waals surface area contributed by atoms with Crippen LogP contribution in [0.5, 0.6) is 11.5 Å². The zero-order valence-electron chi connectivity index (χ0n) is 9.64. The van der Waals surface area contributed by atoms with Gasteiger partial charge in [0.15, 0.2) is 11.5 Å². The van der Waals surface area contributed by atoms with E-state index < -0.39 is 0 Å². The molecule has 0 atom stereocenters. The van der Waals surface area contributed by atoms with Crippen molar-refractivity contribution in [2.24, 2.45) is 0 Å². The van der Waals surface area contributed by atoms with Crippen LogP contribution in [-0.2, 0) is 16.1 Å². The largest absolute Gasteiger partial charge is 0.454 e. The first-order valence-electron chi connectivity index (χ1n) is 5.66. The van der Waals surface area contributed by atoms with Crippen molar-refractivity contribution >= 4 is 11.8 Å². The topological polar surface area (TPSA) is 67.9 Å². The number of carbonyl (C=O) groups is 2. The predicted octanol–water partition coefficient (Wildman–Crippen LogP) is -0.126. The SMILES string of the molecule is O=C1CNCC(=O)N1Cc1ccc2c(c1)OCO2. The molecule has 0 radical (unpaired) electrons. The van der Waals surface area contributed by atoms with Gasteiger partial charge >= 0.3 is 0 Å². The van der Waals surface area contributed by atoms with Crippen LogP contribution in [0.15, 0.2) is 18.2 Å². The minimum absolute atomic E-state index is 0.205. The molecule has 6 nitrogen and oxygen atoms in total. The first kappa shape index (κ1) is 11.0. The third-order valence-corrected chi connectivity index (χ3v) is 2.93. The summed E-state index contributed by atoms with van der Waals surface area (Å²) in [4.78, 5) is 24.5. The summed E-state index contributed by atoms with van der Waals surface area (Å²) in [5.41, 5.74) is 0.850. The van der Waals surface area contributed by atoms with Crippen molar-refractivity contribution in [3.63, 3.8) is 0 Å². The van der Waals surface area contributed by atoms with Gasteiger partial charge in [-0.1, -0.05) is 6.07 Å². The number of hydrogen-bond acceptors (Lipinski definition) is 5. The first-order chi connectivity index (χ1) is 8.74. The lowest BCUT2D eigenvalue weighted by Crippen LogP contribution is -2.51. The smallest absolute Gasteiger partial charge is 0.243 e. The predicted molar refractivity (Wildman–Crippen MR) is 61.0 cm³/mol. The van der Waals surface area contributed by atoms with Crippen LogP contribution in [0.4, 0.5) is 0 Å². The molecule has 1 N–H and O–H groups in total. The first-order valence-corrected chi connectivity index (χ1v) is 5.66. The molecule has 18 heavy (non-hydrogen) atoms. The van der Waals surface area contributed by atoms with Crippen LogP contribution in [0.3, 0.4) is 0 Å². The molecule has 2 aliphatic heterocycles. The second kappa shape index (κ2) is 4.30. The van der Waals surface area contributed by atoms with E-state index in [1.807, 2.05) is 6.07 Å². The van der Waals surface area contributed by atoms with Gasteiger partial charge in [-0.05, 0) is 17.7 Å². The standard InChI is InChI=1S/C12H12N2O4/c15-11-4-13-5-12(16)14(11)6-8-1-2-9-10(3-8)18-7-17-9/h1-3,13H,4-7H2. The Morgan fingerprint density at radius 3 is 2.61 bits per heavy atom. The zero-order valence-corrected chi connectivity index (χ0v) is 9.64. The van der Waals surface area contributed by atoms with Crippen molar-refractivity contribution in [3.05, 3.63) is 23.8 Å². The Kier molecular flexibility index (Phi) is 2.64. The summed E-state index contributed by atoms with van der Waals surface area (Å²) in [6, 6.07) is 5.41. The van der Waals surface area contributed by atoms with Gasteiger partial charge in [0.05, 0.1) is 19.6 Å². The fourth-order valence-electron chi connectivity index (χ4n) is 2.00. The van der Waals surface area contributed by atoms with Crippen LogP contribution in [-0.4, -0.2) is 36.6 Å². The second-order valence-corrected chi connectivity index (χ2v) is 4.16. The third-order valence-electron chi connectivity index (χ3n) is 2.93. The number of amides is 2. The normalized spacial score (nSPS) is 18.3. The van der Waals surface area contributed by atoms with Crippen LogP contribution < -0.4 is 14.8 Å². The molecule has 94 valence electrons. The molecule has 0 aliphatic carbocycles. The number of hydrogen-bond donors (Lipinski definition) is 1. The van der Waals surface area contributed by atoms with Crippen LogP contribution >= 0.6 is 0 Å². The lowest BCUT2D eigenvalue weighted by molar-refractivity contribution is -0.147. The van der Waals surface area contributed by atoms with E-state index in [2.05, 4.69) is 5.32 Å². The zero-order chi connectivity index (χ0) is 12.5. The van der Waals surface area contributed by atoms with Gasteiger partial charge < -0.3 is 9.47 Å². The van der Waals surface area contributed by atoms with Gasteiger partial charge in [0, 0.05) is 0 Å². The van der Waals surface area contributed by atoms with Gasteiger partial charge in [0.25, 0.3) is 0 Å². The molecule has 2 aliphatic rings. The Morgan fingerprint density at radius 1 is 1.11 bits per heavy atom. The van der Waals surface area contributed by atoms with Crippen molar-refractivity contribution in [1.29, 1.82) is 0 Å². The highest BCUT2D eigenvalue weighted by molar-refractivity contribution is 5.99. The highest BCUT2D eigenvalue weighted by atomic mass is 16.7. The summed E-state index contributed by atoms with van der Waals surface area (Å²) in [5.74, 6) is 0.937. The van der Waals surface area contributed by atoms with E-state index in [1.54, 1.807) is 12.1 Å². The lowest BCUT2D eigenvalue weighted by Gasteiger charge is -2.25. The molecule has 3 rings (SSSR count). The number of piperazine rings is 1. The molecule has 1 fully saturated rings. The highest BCUT2D eigenvalue weighted by Crippen LogP contribution is 2.32. The summed E-state index contributed by atoms with van der Waals surface area (Å²) in [7, 11) is 0. The van der Waals surface area contributed by atoms with Crippen LogP contribution in [0.25, 0.3) is 0 Å². The monoisotopic (exact) mass is 248 g/mol. The molecule has 0 unspecified atom stereocenters. The summed E-state index contributed by atoms with van der Waals surface area (Å²) in [6.45, 7) is 0.896. The Balaban J connectivity index is 1.79. The molecule has 2 heterocycles. The average Bonchev–Trinajstić information content (AvgIpc) is 2.81. The maximum Gasteiger partial charge on any atom is 0.243 e. The molecule has 2 amide bonds. The van der Waals surface area contributed by atoms with Gasteiger partial charge in [-0.25, -0.2) is 0 Å². The number of imide groups is 1. The van der Waals surface area contributed by atoms with Crippen molar-refractivity contribution in [1.82, 2.24) is 10.2 Å². The number of benzene rings is 1. The van der Waals surface area contributed by atoms with Gasteiger partial charge in [0.1, 0.15) is 0 Å². The van der Waals surface area contributed by atoms with Crippen LogP contribution in [0.2, 0.25) is 0 Å². The van der Waals surface area contributed by atoms with E-state index in [-0.39, 0.29) is 38.2 Å². The maximum atomic E-state index is 11.6. The molecule has 0 spiro atoms. The lowest BCUT2D eigenvalue weighted by atomic mass is 10.1. The highest BCUT2D eigenvalue weighted by Gasteiger charge is 2.26. The second-order valence-electron chi connectivity index (χ2n) is 4.16. The average molecular weight is 248 g/mol. The Hall–Kier alpha value is -2.08. The van der Waals surface area contributed by atoms with E-state index in [0.717, 1.165) is 5.56 Å². The van der Waals surface area contributed by atoms with E-state index in [1.165, 1.54) is 4.90 Å². The molecule has 0 saturated carbocycles. The number of ether oxygens (including phenoxy) is 2.